The Kier molecular flexibility index (Phi) is 2.36. The highest BCUT2D eigenvalue weighted by Gasteiger charge is 2.22. The van der Waals surface area contributed by atoms with E-state index in [1.165, 1.54) is 10.5 Å². The lowest BCUT2D eigenvalue weighted by molar-refractivity contribution is 0.595. The number of hydrogen-bond acceptors (Lipinski definition) is 3. The summed E-state index contributed by atoms with van der Waals surface area (Å²) in [5, 5.41) is 4.80. The monoisotopic (exact) mass is 231 g/mol. The van der Waals surface area contributed by atoms with Crippen molar-refractivity contribution in [1.29, 1.82) is 0 Å². The molecular formula is C12H13N3S. The van der Waals surface area contributed by atoms with Crippen molar-refractivity contribution in [3.8, 4) is 0 Å². The summed E-state index contributed by atoms with van der Waals surface area (Å²) in [7, 11) is 0. The molecule has 0 fully saturated rings. The molecule has 2 heterocycles. The molecule has 3 nitrogen and oxygen atoms in total. The lowest BCUT2D eigenvalue weighted by Crippen LogP contribution is -2.12. The summed E-state index contributed by atoms with van der Waals surface area (Å²) >= 11 is 1.94. The van der Waals surface area contributed by atoms with Crippen LogP contribution in [0.5, 0.6) is 0 Å². The molecule has 0 saturated carbocycles. The number of nitrogens with zero attached hydrogens (tertiary/aromatic N) is 2. The molecule has 16 heavy (non-hydrogen) atoms. The SMILES string of the molecule is Nc1cnn(CC2Cc3ccccc3S2)c1. The molecule has 0 saturated heterocycles. The van der Waals surface area contributed by atoms with E-state index in [1.807, 2.05) is 22.6 Å². The first-order valence-electron chi connectivity index (χ1n) is 5.34. The van der Waals surface area contributed by atoms with Crippen molar-refractivity contribution in [3.05, 3.63) is 42.2 Å². The van der Waals surface area contributed by atoms with Crippen LogP contribution in [-0.2, 0) is 13.0 Å². The van der Waals surface area contributed by atoms with Crippen molar-refractivity contribution in [2.45, 2.75) is 23.1 Å². The predicted octanol–water partition coefficient (Wildman–Crippen LogP) is 2.18. The molecule has 3 rings (SSSR count). The predicted molar refractivity (Wildman–Crippen MR) is 66.4 cm³/mol. The van der Waals surface area contributed by atoms with Crippen molar-refractivity contribution in [1.82, 2.24) is 9.78 Å². The molecule has 0 radical (unpaired) electrons. The molecule has 1 unspecified atom stereocenters. The second-order valence-electron chi connectivity index (χ2n) is 4.05. The first kappa shape index (κ1) is 9.78. The van der Waals surface area contributed by atoms with Gasteiger partial charge in [0.1, 0.15) is 0 Å². The van der Waals surface area contributed by atoms with Crippen LogP contribution in [0.25, 0.3) is 0 Å². The third kappa shape index (κ3) is 1.80. The van der Waals surface area contributed by atoms with Gasteiger partial charge in [0, 0.05) is 16.3 Å². The first-order valence-corrected chi connectivity index (χ1v) is 6.22. The van der Waals surface area contributed by atoms with Gasteiger partial charge >= 0.3 is 0 Å². The second-order valence-corrected chi connectivity index (χ2v) is 5.39. The van der Waals surface area contributed by atoms with Crippen LogP contribution in [0.2, 0.25) is 0 Å². The minimum absolute atomic E-state index is 0.580. The molecule has 0 aliphatic carbocycles. The zero-order valence-electron chi connectivity index (χ0n) is 8.84. The fraction of sp³-hybridized carbons (Fsp3) is 0.250. The molecule has 1 aromatic carbocycles. The second kappa shape index (κ2) is 3.87. The van der Waals surface area contributed by atoms with E-state index in [1.54, 1.807) is 6.20 Å². The highest BCUT2D eigenvalue weighted by Crippen LogP contribution is 2.37. The molecule has 1 aliphatic rings. The number of thioether (sulfide) groups is 1. The fourth-order valence-electron chi connectivity index (χ4n) is 2.04. The Labute approximate surface area is 98.6 Å². The van der Waals surface area contributed by atoms with Gasteiger partial charge in [0.05, 0.1) is 18.4 Å². The van der Waals surface area contributed by atoms with Gasteiger partial charge in [-0.2, -0.15) is 5.10 Å². The smallest absolute Gasteiger partial charge is 0.0719 e. The topological polar surface area (TPSA) is 43.8 Å². The summed E-state index contributed by atoms with van der Waals surface area (Å²) in [6, 6.07) is 8.60. The molecular weight excluding hydrogens is 218 g/mol. The van der Waals surface area contributed by atoms with E-state index in [0.717, 1.165) is 18.7 Å². The summed E-state index contributed by atoms with van der Waals surface area (Å²) < 4.78 is 1.93. The van der Waals surface area contributed by atoms with Gasteiger partial charge in [-0.1, -0.05) is 18.2 Å². The van der Waals surface area contributed by atoms with Crippen molar-refractivity contribution < 1.29 is 0 Å². The highest BCUT2D eigenvalue weighted by molar-refractivity contribution is 8.00. The van der Waals surface area contributed by atoms with Gasteiger partial charge in [-0.25, -0.2) is 0 Å². The van der Waals surface area contributed by atoms with Gasteiger partial charge in [-0.05, 0) is 18.1 Å². The van der Waals surface area contributed by atoms with Crippen LogP contribution >= 0.6 is 11.8 Å². The molecule has 0 spiro atoms. The van der Waals surface area contributed by atoms with Crippen molar-refractivity contribution in [2.75, 3.05) is 5.73 Å². The summed E-state index contributed by atoms with van der Waals surface area (Å²) in [4.78, 5) is 1.41. The fourth-order valence-corrected chi connectivity index (χ4v) is 3.35. The maximum atomic E-state index is 5.65. The molecule has 82 valence electrons. The lowest BCUT2D eigenvalue weighted by Gasteiger charge is -2.07. The molecule has 0 bridgehead atoms. The van der Waals surface area contributed by atoms with Crippen LogP contribution in [-0.4, -0.2) is 15.0 Å². The minimum atomic E-state index is 0.580. The molecule has 2 N–H and O–H groups in total. The number of nitrogens with two attached hydrogens (primary N) is 1. The van der Waals surface area contributed by atoms with Crippen LogP contribution in [0.1, 0.15) is 5.56 Å². The number of nitrogen functional groups attached to an aromatic ring is 1. The molecule has 1 aromatic heterocycles. The quantitative estimate of drug-likeness (QED) is 0.861. The zero-order valence-corrected chi connectivity index (χ0v) is 9.65. The summed E-state index contributed by atoms with van der Waals surface area (Å²) in [6.07, 6.45) is 4.72. The molecule has 4 heteroatoms. The van der Waals surface area contributed by atoms with Crippen molar-refractivity contribution >= 4 is 17.4 Å². The van der Waals surface area contributed by atoms with E-state index in [9.17, 15) is 0 Å². The van der Waals surface area contributed by atoms with E-state index in [4.69, 9.17) is 5.73 Å². The standard InChI is InChI=1S/C12H13N3S/c13-10-6-14-15(7-10)8-11-5-9-3-1-2-4-12(9)16-11/h1-4,6-7,11H,5,8,13H2. The van der Waals surface area contributed by atoms with Crippen molar-refractivity contribution in [2.24, 2.45) is 0 Å². The first-order chi connectivity index (χ1) is 7.81. The third-order valence-electron chi connectivity index (χ3n) is 2.76. The van der Waals surface area contributed by atoms with Gasteiger partial charge in [-0.3, -0.25) is 4.68 Å². The number of rotatable bonds is 2. The van der Waals surface area contributed by atoms with E-state index >= 15 is 0 Å². The van der Waals surface area contributed by atoms with Crippen LogP contribution < -0.4 is 5.73 Å². The van der Waals surface area contributed by atoms with Crippen LogP contribution in [0, 0.1) is 0 Å². The van der Waals surface area contributed by atoms with Gasteiger partial charge in [0.15, 0.2) is 0 Å². The molecule has 1 aliphatic heterocycles. The molecule has 0 amide bonds. The van der Waals surface area contributed by atoms with Gasteiger partial charge < -0.3 is 5.73 Å². The average molecular weight is 231 g/mol. The van der Waals surface area contributed by atoms with Crippen LogP contribution in [0.15, 0.2) is 41.6 Å². The maximum absolute atomic E-state index is 5.65. The lowest BCUT2D eigenvalue weighted by atomic mass is 10.1. The van der Waals surface area contributed by atoms with Gasteiger partial charge in [0.2, 0.25) is 0 Å². The Morgan fingerprint density at radius 3 is 3.06 bits per heavy atom. The Morgan fingerprint density at radius 1 is 1.44 bits per heavy atom. The number of fused-ring (bicyclic) bond motifs is 1. The van der Waals surface area contributed by atoms with Crippen LogP contribution in [0.4, 0.5) is 5.69 Å². The summed E-state index contributed by atoms with van der Waals surface area (Å²) in [5.41, 5.74) is 7.84. The maximum Gasteiger partial charge on any atom is 0.0719 e. The minimum Gasteiger partial charge on any atom is -0.396 e. The Morgan fingerprint density at radius 2 is 2.31 bits per heavy atom. The number of anilines is 1. The Balaban J connectivity index is 1.72. The molecule has 2 aromatic rings. The van der Waals surface area contributed by atoms with E-state index in [-0.39, 0.29) is 0 Å². The largest absolute Gasteiger partial charge is 0.396 e. The molecule has 1 atom stereocenters. The number of hydrogen-bond donors (Lipinski definition) is 1. The average Bonchev–Trinajstić information content (AvgIpc) is 2.84. The summed E-state index contributed by atoms with van der Waals surface area (Å²) in [5.74, 6) is 0. The Hall–Kier alpha value is -1.42. The number of benzene rings is 1. The van der Waals surface area contributed by atoms with E-state index in [0.29, 0.717) is 5.25 Å². The highest BCUT2D eigenvalue weighted by atomic mass is 32.2. The third-order valence-corrected chi connectivity index (χ3v) is 4.06. The number of aromatic nitrogens is 2. The van der Waals surface area contributed by atoms with Crippen molar-refractivity contribution in [3.63, 3.8) is 0 Å². The van der Waals surface area contributed by atoms with Gasteiger partial charge in [0.25, 0.3) is 0 Å². The van der Waals surface area contributed by atoms with Crippen LogP contribution in [0.3, 0.4) is 0 Å². The zero-order chi connectivity index (χ0) is 11.0. The normalized spacial score (nSPS) is 18.6. The van der Waals surface area contributed by atoms with Gasteiger partial charge in [-0.15, -0.1) is 11.8 Å². The summed E-state index contributed by atoms with van der Waals surface area (Å²) in [6.45, 7) is 0.927. The Bertz CT molecular complexity index is 481. The van der Waals surface area contributed by atoms with E-state index in [2.05, 4.69) is 29.4 Å². The van der Waals surface area contributed by atoms with E-state index < -0.39 is 0 Å².